The van der Waals surface area contributed by atoms with E-state index in [1.807, 2.05) is 6.07 Å². The number of aromatic nitrogens is 1. The quantitative estimate of drug-likeness (QED) is 0.691. The van der Waals surface area contributed by atoms with Gasteiger partial charge in [0.1, 0.15) is 6.26 Å². The van der Waals surface area contributed by atoms with Crippen molar-refractivity contribution in [2.75, 3.05) is 13.2 Å². The lowest BCUT2D eigenvalue weighted by Gasteiger charge is -2.20. The maximum absolute atomic E-state index is 8.74. The highest BCUT2D eigenvalue weighted by atomic mass is 16.5. The smallest absolute Gasteiger partial charge is 0.124 e. The largest absolute Gasteiger partial charge is 0.396 e. The molecule has 0 aliphatic heterocycles. The lowest BCUT2D eigenvalue weighted by atomic mass is 10.3. The molecule has 1 aliphatic rings. The molecule has 0 saturated heterocycles. The number of hydrogen-bond acceptors (Lipinski definition) is 4. The fourth-order valence-electron chi connectivity index (χ4n) is 1.78. The molecule has 0 radical (unpaired) electrons. The molecule has 0 aromatic carbocycles. The number of rotatable bonds is 7. The van der Waals surface area contributed by atoms with Gasteiger partial charge < -0.3 is 9.63 Å². The van der Waals surface area contributed by atoms with Crippen LogP contribution in [0.25, 0.3) is 0 Å². The molecule has 0 unspecified atom stereocenters. The minimum Gasteiger partial charge on any atom is -0.396 e. The summed E-state index contributed by atoms with van der Waals surface area (Å²) in [5.74, 6) is 0. The van der Waals surface area contributed by atoms with E-state index in [0.29, 0.717) is 6.61 Å². The third-order valence-corrected chi connectivity index (χ3v) is 2.77. The molecule has 15 heavy (non-hydrogen) atoms. The topological polar surface area (TPSA) is 49.5 Å². The molecule has 0 amide bonds. The Labute approximate surface area is 89.9 Å². The van der Waals surface area contributed by atoms with E-state index in [0.717, 1.165) is 37.7 Å². The standard InChI is InChI=1S/C11H18N2O2/c14-7-2-1-6-13(11-3-4-11)9-10-5-8-15-12-10/h5,8,11,14H,1-4,6-7,9H2. The summed E-state index contributed by atoms with van der Waals surface area (Å²) in [5.41, 5.74) is 1.01. The van der Waals surface area contributed by atoms with Crippen LogP contribution in [-0.4, -0.2) is 34.4 Å². The molecule has 1 fully saturated rings. The lowest BCUT2D eigenvalue weighted by molar-refractivity contribution is 0.223. The van der Waals surface area contributed by atoms with Gasteiger partial charge in [-0.15, -0.1) is 0 Å². The Balaban J connectivity index is 1.78. The number of aliphatic hydroxyl groups is 1. The average molecular weight is 210 g/mol. The molecule has 1 N–H and O–H groups in total. The monoisotopic (exact) mass is 210 g/mol. The summed E-state index contributed by atoms with van der Waals surface area (Å²) >= 11 is 0. The van der Waals surface area contributed by atoms with Crippen molar-refractivity contribution in [2.24, 2.45) is 0 Å². The number of nitrogens with zero attached hydrogens (tertiary/aromatic N) is 2. The van der Waals surface area contributed by atoms with Gasteiger partial charge in [0.05, 0.1) is 5.69 Å². The SMILES string of the molecule is OCCCCN(Cc1ccon1)C1CC1. The molecule has 84 valence electrons. The first-order valence-electron chi connectivity index (χ1n) is 5.64. The molecular formula is C11H18N2O2. The van der Waals surface area contributed by atoms with Crippen LogP contribution >= 0.6 is 0 Å². The van der Waals surface area contributed by atoms with Crippen molar-refractivity contribution in [3.63, 3.8) is 0 Å². The van der Waals surface area contributed by atoms with Gasteiger partial charge in [-0.05, 0) is 32.2 Å². The van der Waals surface area contributed by atoms with Gasteiger partial charge in [0.25, 0.3) is 0 Å². The van der Waals surface area contributed by atoms with Crippen molar-refractivity contribution in [3.05, 3.63) is 18.0 Å². The van der Waals surface area contributed by atoms with E-state index in [1.165, 1.54) is 12.8 Å². The molecule has 4 nitrogen and oxygen atoms in total. The van der Waals surface area contributed by atoms with Crippen molar-refractivity contribution in [1.29, 1.82) is 0 Å². The Morgan fingerprint density at radius 1 is 1.47 bits per heavy atom. The fraction of sp³-hybridized carbons (Fsp3) is 0.727. The molecule has 1 saturated carbocycles. The van der Waals surface area contributed by atoms with Crippen LogP contribution in [-0.2, 0) is 6.54 Å². The van der Waals surface area contributed by atoms with Crippen LogP contribution < -0.4 is 0 Å². The molecule has 1 aliphatic carbocycles. The van der Waals surface area contributed by atoms with Gasteiger partial charge in [-0.3, -0.25) is 4.90 Å². The van der Waals surface area contributed by atoms with E-state index in [-0.39, 0.29) is 0 Å². The third kappa shape index (κ3) is 3.32. The molecule has 0 spiro atoms. The van der Waals surface area contributed by atoms with Crippen LogP contribution in [0.1, 0.15) is 31.4 Å². The molecular weight excluding hydrogens is 192 g/mol. The molecule has 1 heterocycles. The molecule has 4 heteroatoms. The van der Waals surface area contributed by atoms with Crippen LogP contribution in [0, 0.1) is 0 Å². The summed E-state index contributed by atoms with van der Waals surface area (Å²) < 4.78 is 4.82. The minimum atomic E-state index is 0.294. The maximum atomic E-state index is 8.74. The average Bonchev–Trinajstić information content (AvgIpc) is 2.97. The number of unbranched alkanes of at least 4 members (excludes halogenated alkanes) is 1. The Morgan fingerprint density at radius 3 is 2.93 bits per heavy atom. The highest BCUT2D eigenvalue weighted by Gasteiger charge is 2.28. The van der Waals surface area contributed by atoms with Crippen molar-refractivity contribution in [1.82, 2.24) is 10.1 Å². The lowest BCUT2D eigenvalue weighted by Crippen LogP contribution is -2.27. The zero-order valence-electron chi connectivity index (χ0n) is 8.93. The Hall–Kier alpha value is -0.870. The van der Waals surface area contributed by atoms with Gasteiger partial charge in [-0.1, -0.05) is 5.16 Å². The first kappa shape index (κ1) is 10.6. The number of hydrogen-bond donors (Lipinski definition) is 1. The zero-order chi connectivity index (χ0) is 10.5. The summed E-state index contributed by atoms with van der Waals surface area (Å²) in [6.07, 6.45) is 6.18. The predicted molar refractivity (Wildman–Crippen MR) is 56.3 cm³/mol. The van der Waals surface area contributed by atoms with Crippen molar-refractivity contribution < 1.29 is 9.63 Å². The summed E-state index contributed by atoms with van der Waals surface area (Å²) in [6, 6.07) is 2.65. The van der Waals surface area contributed by atoms with Crippen molar-refractivity contribution in [3.8, 4) is 0 Å². The van der Waals surface area contributed by atoms with Gasteiger partial charge in [0.2, 0.25) is 0 Å². The van der Waals surface area contributed by atoms with Crippen LogP contribution in [0.15, 0.2) is 16.9 Å². The zero-order valence-corrected chi connectivity index (χ0v) is 8.93. The molecule has 0 atom stereocenters. The number of aliphatic hydroxyl groups excluding tert-OH is 1. The van der Waals surface area contributed by atoms with Gasteiger partial charge in [-0.25, -0.2) is 0 Å². The Kier molecular flexibility index (Phi) is 3.75. The molecule has 2 rings (SSSR count). The van der Waals surface area contributed by atoms with Crippen LogP contribution in [0.5, 0.6) is 0 Å². The van der Waals surface area contributed by atoms with Gasteiger partial charge >= 0.3 is 0 Å². The van der Waals surface area contributed by atoms with E-state index in [1.54, 1.807) is 6.26 Å². The maximum Gasteiger partial charge on any atom is 0.124 e. The van der Waals surface area contributed by atoms with E-state index < -0.39 is 0 Å². The Morgan fingerprint density at radius 2 is 2.33 bits per heavy atom. The fourth-order valence-corrected chi connectivity index (χ4v) is 1.78. The summed E-state index contributed by atoms with van der Waals surface area (Å²) in [6.45, 7) is 2.23. The van der Waals surface area contributed by atoms with E-state index in [9.17, 15) is 0 Å². The van der Waals surface area contributed by atoms with Gasteiger partial charge in [0, 0.05) is 25.3 Å². The van der Waals surface area contributed by atoms with Crippen molar-refractivity contribution in [2.45, 2.75) is 38.3 Å². The normalized spacial score (nSPS) is 16.1. The predicted octanol–water partition coefficient (Wildman–Crippen LogP) is 1.41. The Bertz CT molecular complexity index is 270. The minimum absolute atomic E-state index is 0.294. The van der Waals surface area contributed by atoms with E-state index >= 15 is 0 Å². The highest BCUT2D eigenvalue weighted by molar-refractivity contribution is 4.97. The first-order chi connectivity index (χ1) is 7.40. The summed E-state index contributed by atoms with van der Waals surface area (Å²) in [4.78, 5) is 2.44. The summed E-state index contributed by atoms with van der Waals surface area (Å²) in [7, 11) is 0. The van der Waals surface area contributed by atoms with Gasteiger partial charge in [-0.2, -0.15) is 0 Å². The van der Waals surface area contributed by atoms with E-state index in [2.05, 4.69) is 10.1 Å². The second-order valence-corrected chi connectivity index (χ2v) is 4.12. The summed E-state index contributed by atoms with van der Waals surface area (Å²) in [5, 5.41) is 12.7. The van der Waals surface area contributed by atoms with Crippen molar-refractivity contribution >= 4 is 0 Å². The second-order valence-electron chi connectivity index (χ2n) is 4.12. The third-order valence-electron chi connectivity index (χ3n) is 2.77. The first-order valence-corrected chi connectivity index (χ1v) is 5.64. The highest BCUT2D eigenvalue weighted by Crippen LogP contribution is 2.28. The molecule has 1 aromatic heterocycles. The van der Waals surface area contributed by atoms with E-state index in [4.69, 9.17) is 9.63 Å². The molecule has 1 aromatic rings. The van der Waals surface area contributed by atoms with Crippen LogP contribution in [0.4, 0.5) is 0 Å². The molecule has 0 bridgehead atoms. The van der Waals surface area contributed by atoms with Crippen LogP contribution in [0.3, 0.4) is 0 Å². The second kappa shape index (κ2) is 5.28. The van der Waals surface area contributed by atoms with Crippen LogP contribution in [0.2, 0.25) is 0 Å². The van der Waals surface area contributed by atoms with Gasteiger partial charge in [0.15, 0.2) is 0 Å².